The van der Waals surface area contributed by atoms with Crippen LogP contribution >= 0.6 is 11.6 Å². The van der Waals surface area contributed by atoms with Gasteiger partial charge in [0.2, 0.25) is 15.9 Å². The monoisotopic (exact) mass is 446 g/mol. The summed E-state index contributed by atoms with van der Waals surface area (Å²) in [6.45, 7) is -0.568. The molecule has 154 valence electrons. The van der Waals surface area contributed by atoms with Gasteiger partial charge in [0, 0.05) is 22.6 Å². The van der Waals surface area contributed by atoms with Gasteiger partial charge in [-0.25, -0.2) is 17.8 Å². The molecule has 0 radical (unpaired) electrons. The molecule has 2 heterocycles. The zero-order valence-corrected chi connectivity index (χ0v) is 17.1. The molecule has 0 saturated heterocycles. The number of halogens is 2. The number of aromatic nitrogens is 1. The van der Waals surface area contributed by atoms with Crippen LogP contribution in [0.1, 0.15) is 0 Å². The van der Waals surface area contributed by atoms with E-state index in [2.05, 4.69) is 10.3 Å². The topological polar surface area (TPSA) is 82.6 Å². The summed E-state index contributed by atoms with van der Waals surface area (Å²) in [6, 6.07) is 15.1. The Bertz CT molecular complexity index is 1200. The van der Waals surface area contributed by atoms with Crippen molar-refractivity contribution in [3.05, 3.63) is 77.7 Å². The summed E-state index contributed by atoms with van der Waals surface area (Å²) in [5.41, 5.74) is 1.01. The van der Waals surface area contributed by atoms with Crippen LogP contribution in [0.15, 0.2) is 71.8 Å². The molecule has 0 atom stereocenters. The van der Waals surface area contributed by atoms with E-state index >= 15 is 0 Å². The van der Waals surface area contributed by atoms with Crippen LogP contribution < -0.4 is 10.2 Å². The number of nitrogens with one attached hydrogen (secondary N) is 1. The summed E-state index contributed by atoms with van der Waals surface area (Å²) in [7, 11) is -3.96. The fraction of sp³-hybridized carbons (Fsp3) is 0.100. The predicted octanol–water partition coefficient (Wildman–Crippen LogP) is 3.61. The molecule has 0 spiro atoms. The Balaban J connectivity index is 1.65. The molecular formula is C20H16ClFN4O3S. The molecule has 0 bridgehead atoms. The van der Waals surface area contributed by atoms with Crippen LogP contribution in [-0.2, 0) is 14.8 Å². The average Bonchev–Trinajstić information content (AvgIpc) is 2.71. The van der Waals surface area contributed by atoms with Gasteiger partial charge in [-0.1, -0.05) is 17.7 Å². The highest BCUT2D eigenvalue weighted by atomic mass is 35.5. The van der Waals surface area contributed by atoms with Gasteiger partial charge in [-0.2, -0.15) is 4.31 Å². The number of carbonyl (C=O) groups excluding carboxylic acids is 1. The lowest BCUT2D eigenvalue weighted by Gasteiger charge is -2.36. The first kappa shape index (κ1) is 20.3. The van der Waals surface area contributed by atoms with Crippen LogP contribution in [0.4, 0.5) is 21.6 Å². The first-order valence-electron chi connectivity index (χ1n) is 8.88. The molecule has 1 aliphatic rings. The summed E-state index contributed by atoms with van der Waals surface area (Å²) in [5.74, 6) is -0.717. The Morgan fingerprint density at radius 3 is 2.63 bits per heavy atom. The Morgan fingerprint density at radius 1 is 1.13 bits per heavy atom. The van der Waals surface area contributed by atoms with Crippen LogP contribution in [0.3, 0.4) is 0 Å². The van der Waals surface area contributed by atoms with Gasteiger partial charge in [-0.15, -0.1) is 0 Å². The van der Waals surface area contributed by atoms with E-state index in [0.717, 1.165) is 4.31 Å². The highest BCUT2D eigenvalue weighted by molar-refractivity contribution is 7.89. The van der Waals surface area contributed by atoms with Crippen LogP contribution in [-0.4, -0.2) is 36.8 Å². The zero-order valence-electron chi connectivity index (χ0n) is 15.5. The van der Waals surface area contributed by atoms with Crippen molar-refractivity contribution < 1.29 is 17.6 Å². The molecule has 3 aromatic rings. The highest BCUT2D eigenvalue weighted by Crippen LogP contribution is 2.36. The van der Waals surface area contributed by atoms with E-state index in [1.54, 1.807) is 29.2 Å². The molecule has 0 aliphatic carbocycles. The summed E-state index contributed by atoms with van der Waals surface area (Å²) >= 11 is 5.92. The second-order valence-electron chi connectivity index (χ2n) is 6.54. The third-order valence-electron chi connectivity index (χ3n) is 4.49. The lowest BCUT2D eigenvalue weighted by Crippen LogP contribution is -2.47. The second kappa shape index (κ2) is 8.02. The van der Waals surface area contributed by atoms with Gasteiger partial charge in [-0.05, 0) is 54.6 Å². The van der Waals surface area contributed by atoms with Gasteiger partial charge in [0.1, 0.15) is 10.7 Å². The standard InChI is InChI=1S/C20H16ClFN4O3S/c21-14-3-1-4-16(11-14)24-19(27)12-25-13-26(17-8-6-15(22)7-9-17)20-18(30(25,28)29)5-2-10-23-20/h1-11H,12-13H2,(H,24,27). The fourth-order valence-corrected chi connectivity index (χ4v) is 4.78. The van der Waals surface area contributed by atoms with E-state index in [0.29, 0.717) is 16.4 Å². The number of pyridine rings is 1. The molecule has 1 aromatic heterocycles. The third kappa shape index (κ3) is 4.00. The van der Waals surface area contributed by atoms with Gasteiger partial charge in [0.25, 0.3) is 0 Å². The number of anilines is 3. The third-order valence-corrected chi connectivity index (χ3v) is 6.52. The minimum atomic E-state index is -3.96. The molecule has 7 nitrogen and oxygen atoms in total. The van der Waals surface area contributed by atoms with Gasteiger partial charge in [0.05, 0.1) is 13.2 Å². The normalized spacial score (nSPS) is 15.5. The van der Waals surface area contributed by atoms with Crippen molar-refractivity contribution in [2.24, 2.45) is 0 Å². The number of rotatable bonds is 4. The number of carbonyl (C=O) groups is 1. The predicted molar refractivity (Wildman–Crippen MR) is 112 cm³/mol. The molecule has 1 N–H and O–H groups in total. The van der Waals surface area contributed by atoms with Gasteiger partial charge in [-0.3, -0.25) is 4.79 Å². The number of nitrogens with zero attached hydrogens (tertiary/aromatic N) is 3. The van der Waals surface area contributed by atoms with Crippen molar-refractivity contribution in [3.8, 4) is 0 Å². The smallest absolute Gasteiger partial charge is 0.248 e. The summed E-state index contributed by atoms with van der Waals surface area (Å²) in [5, 5.41) is 3.09. The van der Waals surface area contributed by atoms with Crippen LogP contribution in [0, 0.1) is 5.82 Å². The lowest BCUT2D eigenvalue weighted by atomic mass is 10.2. The van der Waals surface area contributed by atoms with E-state index in [-0.39, 0.29) is 17.4 Å². The Labute approximate surface area is 177 Å². The van der Waals surface area contributed by atoms with Crippen molar-refractivity contribution in [2.45, 2.75) is 4.90 Å². The maximum atomic E-state index is 13.4. The van der Waals surface area contributed by atoms with Gasteiger partial charge in [0.15, 0.2) is 5.82 Å². The molecule has 0 saturated carbocycles. The summed E-state index contributed by atoms with van der Waals surface area (Å²) in [6.07, 6.45) is 1.48. The van der Waals surface area contributed by atoms with Crippen LogP contribution in [0.25, 0.3) is 0 Å². The Hall–Kier alpha value is -3.01. The molecule has 1 aliphatic heterocycles. The Kier molecular flexibility index (Phi) is 5.42. The van der Waals surface area contributed by atoms with Gasteiger partial charge < -0.3 is 10.2 Å². The van der Waals surface area contributed by atoms with E-state index in [1.165, 1.54) is 42.6 Å². The van der Waals surface area contributed by atoms with E-state index in [9.17, 15) is 17.6 Å². The SMILES string of the molecule is O=C(CN1CN(c2ccc(F)cc2)c2ncccc2S1(=O)=O)Nc1cccc(Cl)c1. The molecule has 1 amide bonds. The summed E-state index contributed by atoms with van der Waals surface area (Å²) in [4.78, 5) is 18.3. The van der Waals surface area contributed by atoms with E-state index < -0.39 is 28.3 Å². The number of hydrogen-bond acceptors (Lipinski definition) is 5. The first-order chi connectivity index (χ1) is 14.3. The molecule has 2 aromatic carbocycles. The minimum Gasteiger partial charge on any atom is -0.325 e. The number of sulfonamides is 1. The van der Waals surface area contributed by atoms with Gasteiger partial charge >= 0.3 is 0 Å². The average molecular weight is 447 g/mol. The maximum absolute atomic E-state index is 13.4. The number of benzene rings is 2. The van der Waals surface area contributed by atoms with Crippen molar-refractivity contribution in [1.29, 1.82) is 0 Å². The number of amides is 1. The fourth-order valence-electron chi connectivity index (χ4n) is 3.11. The van der Waals surface area contributed by atoms with Crippen molar-refractivity contribution in [1.82, 2.24) is 9.29 Å². The molecule has 0 unspecified atom stereocenters. The van der Waals surface area contributed by atoms with Crippen LogP contribution in [0.2, 0.25) is 5.02 Å². The molecule has 10 heteroatoms. The quantitative estimate of drug-likeness (QED) is 0.662. The van der Waals surface area contributed by atoms with E-state index in [4.69, 9.17) is 11.6 Å². The molecule has 4 rings (SSSR count). The molecular weight excluding hydrogens is 431 g/mol. The first-order valence-corrected chi connectivity index (χ1v) is 10.7. The number of fused-ring (bicyclic) bond motifs is 1. The van der Waals surface area contributed by atoms with Crippen molar-refractivity contribution in [2.75, 3.05) is 23.4 Å². The number of hydrogen-bond donors (Lipinski definition) is 1. The van der Waals surface area contributed by atoms with E-state index in [1.807, 2.05) is 0 Å². The second-order valence-corrected chi connectivity index (χ2v) is 8.89. The minimum absolute atomic E-state index is 0.0314. The lowest BCUT2D eigenvalue weighted by molar-refractivity contribution is -0.116. The molecule has 0 fully saturated rings. The Morgan fingerprint density at radius 2 is 1.90 bits per heavy atom. The molecule has 30 heavy (non-hydrogen) atoms. The largest absolute Gasteiger partial charge is 0.325 e. The highest BCUT2D eigenvalue weighted by Gasteiger charge is 2.37. The van der Waals surface area contributed by atoms with Crippen molar-refractivity contribution >= 4 is 44.7 Å². The zero-order chi connectivity index (χ0) is 21.3. The van der Waals surface area contributed by atoms with Crippen molar-refractivity contribution in [3.63, 3.8) is 0 Å². The summed E-state index contributed by atoms with van der Waals surface area (Å²) < 4.78 is 40.5. The van der Waals surface area contributed by atoms with Crippen LogP contribution in [0.5, 0.6) is 0 Å². The maximum Gasteiger partial charge on any atom is 0.248 e.